The Morgan fingerprint density at radius 2 is 1.69 bits per heavy atom. The third kappa shape index (κ3) is 3.12. The first-order chi connectivity index (χ1) is 14.0. The SMILES string of the molecule is CC.COc1cc(OC)c(F)c(N2Cc3cnc(C=O)cc3C3(CC3)C2=O)c1F. The second-order valence-electron chi connectivity index (χ2n) is 6.62. The molecular formula is C21H22F2N2O4. The number of aromatic nitrogens is 1. The summed E-state index contributed by atoms with van der Waals surface area (Å²) in [5.41, 5.74) is 0.202. The highest BCUT2D eigenvalue weighted by molar-refractivity contribution is 6.05. The maximum absolute atomic E-state index is 14.9. The molecule has 0 saturated heterocycles. The Morgan fingerprint density at radius 3 is 2.17 bits per heavy atom. The molecule has 29 heavy (non-hydrogen) atoms. The Morgan fingerprint density at radius 1 is 1.10 bits per heavy atom. The van der Waals surface area contributed by atoms with Crippen molar-refractivity contribution in [3.05, 3.63) is 46.8 Å². The molecule has 0 unspecified atom stereocenters. The van der Waals surface area contributed by atoms with Crippen molar-refractivity contribution in [3.63, 3.8) is 0 Å². The second-order valence-corrected chi connectivity index (χ2v) is 6.62. The molecule has 2 aliphatic rings. The first-order valence-electron chi connectivity index (χ1n) is 9.33. The minimum Gasteiger partial charge on any atom is -0.493 e. The normalized spacial score (nSPS) is 15.9. The van der Waals surface area contributed by atoms with Gasteiger partial charge >= 0.3 is 0 Å². The Labute approximate surface area is 167 Å². The van der Waals surface area contributed by atoms with E-state index in [0.29, 0.717) is 30.3 Å². The Hall–Kier alpha value is -3.03. The van der Waals surface area contributed by atoms with Gasteiger partial charge in [0.15, 0.2) is 29.4 Å². The van der Waals surface area contributed by atoms with Gasteiger partial charge in [-0.1, -0.05) is 13.8 Å². The predicted molar refractivity (Wildman–Crippen MR) is 103 cm³/mol. The summed E-state index contributed by atoms with van der Waals surface area (Å²) >= 11 is 0. The number of rotatable bonds is 4. The summed E-state index contributed by atoms with van der Waals surface area (Å²) < 4.78 is 39.7. The third-order valence-corrected chi connectivity index (χ3v) is 5.20. The van der Waals surface area contributed by atoms with Crippen molar-refractivity contribution < 1.29 is 27.8 Å². The van der Waals surface area contributed by atoms with Crippen LogP contribution < -0.4 is 14.4 Å². The number of amides is 1. The molecule has 154 valence electrons. The van der Waals surface area contributed by atoms with Gasteiger partial charge in [-0.05, 0) is 30.0 Å². The van der Waals surface area contributed by atoms with Crippen molar-refractivity contribution in [2.24, 2.45) is 0 Å². The van der Waals surface area contributed by atoms with E-state index >= 15 is 0 Å². The lowest BCUT2D eigenvalue weighted by Crippen LogP contribution is -2.45. The van der Waals surface area contributed by atoms with Gasteiger partial charge in [0.25, 0.3) is 0 Å². The van der Waals surface area contributed by atoms with E-state index in [2.05, 4.69) is 4.98 Å². The molecule has 1 aromatic carbocycles. The lowest BCUT2D eigenvalue weighted by molar-refractivity contribution is -0.121. The largest absolute Gasteiger partial charge is 0.493 e. The van der Waals surface area contributed by atoms with Gasteiger partial charge in [-0.15, -0.1) is 0 Å². The number of benzene rings is 1. The van der Waals surface area contributed by atoms with Crippen LogP contribution in [0.4, 0.5) is 14.5 Å². The van der Waals surface area contributed by atoms with E-state index in [4.69, 9.17) is 9.47 Å². The monoisotopic (exact) mass is 404 g/mol. The lowest BCUT2D eigenvalue weighted by atomic mass is 9.86. The van der Waals surface area contributed by atoms with E-state index < -0.39 is 28.6 Å². The highest BCUT2D eigenvalue weighted by atomic mass is 19.1. The van der Waals surface area contributed by atoms with Crippen LogP contribution in [0.3, 0.4) is 0 Å². The molecule has 4 rings (SSSR count). The van der Waals surface area contributed by atoms with E-state index in [1.807, 2.05) is 13.8 Å². The quantitative estimate of drug-likeness (QED) is 0.725. The van der Waals surface area contributed by atoms with E-state index in [1.165, 1.54) is 20.4 Å². The highest BCUT2D eigenvalue weighted by Gasteiger charge is 2.57. The molecule has 1 saturated carbocycles. The van der Waals surface area contributed by atoms with Gasteiger partial charge in [0.1, 0.15) is 11.4 Å². The van der Waals surface area contributed by atoms with E-state index in [9.17, 15) is 18.4 Å². The van der Waals surface area contributed by atoms with E-state index in [1.54, 1.807) is 6.07 Å². The van der Waals surface area contributed by atoms with Crippen molar-refractivity contribution in [1.82, 2.24) is 4.98 Å². The van der Waals surface area contributed by atoms with Crippen LogP contribution >= 0.6 is 0 Å². The Balaban J connectivity index is 0.00000117. The molecule has 0 N–H and O–H groups in total. The molecule has 6 nitrogen and oxygen atoms in total. The molecule has 1 aliphatic heterocycles. The Kier molecular flexibility index (Phi) is 5.55. The molecule has 1 spiro atoms. The summed E-state index contributed by atoms with van der Waals surface area (Å²) in [6.45, 7) is 3.94. The van der Waals surface area contributed by atoms with Crippen molar-refractivity contribution in [1.29, 1.82) is 0 Å². The number of carbonyl (C=O) groups is 2. The van der Waals surface area contributed by atoms with Crippen molar-refractivity contribution in [2.45, 2.75) is 38.6 Å². The van der Waals surface area contributed by atoms with E-state index in [-0.39, 0.29) is 23.7 Å². The summed E-state index contributed by atoms with van der Waals surface area (Å²) in [4.78, 5) is 29.3. The van der Waals surface area contributed by atoms with Gasteiger partial charge < -0.3 is 14.4 Å². The number of halogens is 2. The number of ether oxygens (including phenoxy) is 2. The number of aldehydes is 1. The fourth-order valence-corrected chi connectivity index (χ4v) is 3.65. The molecule has 0 atom stereocenters. The first kappa shape index (κ1) is 20.7. The summed E-state index contributed by atoms with van der Waals surface area (Å²) in [5.74, 6) is -2.80. The number of fused-ring (bicyclic) bond motifs is 2. The van der Waals surface area contributed by atoms with Crippen LogP contribution in [-0.4, -0.2) is 31.4 Å². The predicted octanol–water partition coefficient (Wildman–Crippen LogP) is 3.79. The number of hydrogen-bond acceptors (Lipinski definition) is 5. The zero-order valence-corrected chi connectivity index (χ0v) is 16.7. The average molecular weight is 404 g/mol. The molecule has 1 aromatic heterocycles. The fraction of sp³-hybridized carbons (Fsp3) is 0.381. The highest BCUT2D eigenvalue weighted by Crippen LogP contribution is 2.54. The van der Waals surface area contributed by atoms with Gasteiger partial charge in [0, 0.05) is 12.3 Å². The van der Waals surface area contributed by atoms with Crippen LogP contribution in [0, 0.1) is 11.6 Å². The molecule has 0 bridgehead atoms. The zero-order valence-electron chi connectivity index (χ0n) is 16.7. The van der Waals surface area contributed by atoms with Gasteiger partial charge in [-0.2, -0.15) is 0 Å². The molecule has 0 radical (unpaired) electrons. The minimum absolute atomic E-state index is 0.0633. The molecule has 1 fully saturated rings. The standard InChI is InChI=1S/C19H16F2N2O4.C2H6/c1-26-13-6-14(27-2)16(21)17(15(13)20)23-8-10-7-22-11(9-24)5-12(10)19(3-4-19)18(23)25;1-2/h5-7,9H,3-4,8H2,1-2H3;1-2H3. The molecule has 1 amide bonds. The van der Waals surface area contributed by atoms with Crippen LogP contribution in [0.25, 0.3) is 0 Å². The Bertz CT molecular complexity index is 945. The first-order valence-corrected chi connectivity index (χ1v) is 9.33. The summed E-state index contributed by atoms with van der Waals surface area (Å²) in [7, 11) is 2.50. The zero-order chi connectivity index (χ0) is 21.3. The summed E-state index contributed by atoms with van der Waals surface area (Å²) in [6.07, 6.45) is 3.18. The van der Waals surface area contributed by atoms with Crippen molar-refractivity contribution in [2.75, 3.05) is 19.1 Å². The number of anilines is 1. The maximum atomic E-state index is 14.9. The van der Waals surface area contributed by atoms with Crippen LogP contribution in [0.5, 0.6) is 11.5 Å². The summed E-state index contributed by atoms with van der Waals surface area (Å²) in [6, 6.07) is 2.69. The van der Waals surface area contributed by atoms with Gasteiger partial charge in [-0.25, -0.2) is 8.78 Å². The number of methoxy groups -OCH3 is 2. The van der Waals surface area contributed by atoms with Crippen molar-refractivity contribution >= 4 is 17.9 Å². The number of hydrogen-bond donors (Lipinski definition) is 0. The van der Waals surface area contributed by atoms with Gasteiger partial charge in [0.2, 0.25) is 5.91 Å². The van der Waals surface area contributed by atoms with Gasteiger partial charge in [0.05, 0.1) is 26.2 Å². The van der Waals surface area contributed by atoms with Crippen LogP contribution in [0.2, 0.25) is 0 Å². The number of carbonyl (C=O) groups excluding carboxylic acids is 2. The maximum Gasteiger partial charge on any atom is 0.238 e. The number of pyridine rings is 1. The number of nitrogens with zero attached hydrogens (tertiary/aromatic N) is 2. The third-order valence-electron chi connectivity index (χ3n) is 5.20. The topological polar surface area (TPSA) is 68.7 Å². The van der Waals surface area contributed by atoms with Crippen molar-refractivity contribution in [3.8, 4) is 11.5 Å². The van der Waals surface area contributed by atoms with Gasteiger partial charge in [-0.3, -0.25) is 14.6 Å². The minimum atomic E-state index is -0.971. The molecule has 1 aliphatic carbocycles. The van der Waals surface area contributed by atoms with Crippen LogP contribution in [-0.2, 0) is 16.8 Å². The lowest BCUT2D eigenvalue weighted by Gasteiger charge is -2.35. The van der Waals surface area contributed by atoms with Crippen LogP contribution in [0.1, 0.15) is 48.3 Å². The fourth-order valence-electron chi connectivity index (χ4n) is 3.65. The smallest absolute Gasteiger partial charge is 0.238 e. The molecule has 2 aromatic rings. The second kappa shape index (κ2) is 7.77. The molecular weight excluding hydrogens is 382 g/mol. The molecule has 8 heteroatoms. The molecule has 2 heterocycles. The van der Waals surface area contributed by atoms with E-state index in [0.717, 1.165) is 11.0 Å². The van der Waals surface area contributed by atoms with Crippen LogP contribution in [0.15, 0.2) is 18.3 Å². The average Bonchev–Trinajstić information content (AvgIpc) is 3.55. The summed E-state index contributed by atoms with van der Waals surface area (Å²) in [5, 5.41) is 0.